The molecule has 0 heterocycles. The minimum Gasteiger partial charge on any atom is -0.508 e. The van der Waals surface area contributed by atoms with Crippen LogP contribution in [0.15, 0.2) is 18.2 Å². The standard InChI is InChI=1S/C13H22N2O/c1-10-9-11(5-6-12(10)16)14-7-8-15-13(2,3)4/h5-6,9,14-16H,7-8H2,1-4H3. The number of anilines is 1. The molecular formula is C13H22N2O. The molecular weight excluding hydrogens is 200 g/mol. The molecule has 90 valence electrons. The first-order valence-electron chi connectivity index (χ1n) is 5.67. The van der Waals surface area contributed by atoms with E-state index in [-0.39, 0.29) is 5.54 Å². The van der Waals surface area contributed by atoms with Gasteiger partial charge in [-0.2, -0.15) is 0 Å². The van der Waals surface area contributed by atoms with Gasteiger partial charge in [0.15, 0.2) is 0 Å². The summed E-state index contributed by atoms with van der Waals surface area (Å²) in [6, 6.07) is 5.56. The Kier molecular flexibility index (Phi) is 4.19. The van der Waals surface area contributed by atoms with E-state index in [1.165, 1.54) is 0 Å². The van der Waals surface area contributed by atoms with E-state index in [9.17, 15) is 5.11 Å². The predicted octanol–water partition coefficient (Wildman–Crippen LogP) is 2.50. The molecule has 1 aromatic carbocycles. The van der Waals surface area contributed by atoms with Crippen LogP contribution in [-0.4, -0.2) is 23.7 Å². The highest BCUT2D eigenvalue weighted by molar-refractivity contribution is 5.50. The first-order valence-corrected chi connectivity index (χ1v) is 5.67. The summed E-state index contributed by atoms with van der Waals surface area (Å²) in [5.41, 5.74) is 2.10. The van der Waals surface area contributed by atoms with Gasteiger partial charge in [0.2, 0.25) is 0 Å². The van der Waals surface area contributed by atoms with Crippen LogP contribution in [0.5, 0.6) is 5.75 Å². The first kappa shape index (κ1) is 12.8. The summed E-state index contributed by atoms with van der Waals surface area (Å²) in [6.07, 6.45) is 0. The van der Waals surface area contributed by atoms with Crippen molar-refractivity contribution in [3.63, 3.8) is 0 Å². The number of aryl methyl sites for hydroxylation is 1. The van der Waals surface area contributed by atoms with Gasteiger partial charge in [0.1, 0.15) is 5.75 Å². The zero-order chi connectivity index (χ0) is 12.2. The lowest BCUT2D eigenvalue weighted by atomic mass is 10.1. The van der Waals surface area contributed by atoms with E-state index in [0.29, 0.717) is 5.75 Å². The summed E-state index contributed by atoms with van der Waals surface area (Å²) in [5, 5.41) is 16.1. The minimum atomic E-state index is 0.159. The zero-order valence-electron chi connectivity index (χ0n) is 10.6. The van der Waals surface area contributed by atoms with Crippen LogP contribution in [0.2, 0.25) is 0 Å². The van der Waals surface area contributed by atoms with Crippen molar-refractivity contribution in [2.75, 3.05) is 18.4 Å². The molecule has 0 saturated carbocycles. The molecule has 0 amide bonds. The van der Waals surface area contributed by atoms with Gasteiger partial charge >= 0.3 is 0 Å². The molecule has 0 aliphatic carbocycles. The van der Waals surface area contributed by atoms with Gasteiger partial charge in [-0.15, -0.1) is 0 Å². The molecule has 1 rings (SSSR count). The minimum absolute atomic E-state index is 0.159. The summed E-state index contributed by atoms with van der Waals surface area (Å²) in [4.78, 5) is 0. The number of phenolic OH excluding ortho intramolecular Hbond substituents is 1. The maximum Gasteiger partial charge on any atom is 0.118 e. The average molecular weight is 222 g/mol. The smallest absolute Gasteiger partial charge is 0.118 e. The molecule has 3 N–H and O–H groups in total. The summed E-state index contributed by atoms with van der Waals surface area (Å²) < 4.78 is 0. The summed E-state index contributed by atoms with van der Waals surface area (Å²) >= 11 is 0. The van der Waals surface area contributed by atoms with Gasteiger partial charge in [0.05, 0.1) is 0 Å². The molecule has 0 fully saturated rings. The van der Waals surface area contributed by atoms with E-state index in [4.69, 9.17) is 0 Å². The number of benzene rings is 1. The quantitative estimate of drug-likeness (QED) is 0.542. The maximum atomic E-state index is 9.38. The number of rotatable bonds is 4. The fourth-order valence-electron chi connectivity index (χ4n) is 1.41. The summed E-state index contributed by atoms with van der Waals surface area (Å²) in [5.74, 6) is 0.346. The first-order chi connectivity index (χ1) is 7.38. The van der Waals surface area contributed by atoms with Crippen LogP contribution < -0.4 is 10.6 Å². The van der Waals surface area contributed by atoms with Gasteiger partial charge < -0.3 is 15.7 Å². The van der Waals surface area contributed by atoms with Crippen LogP contribution in [0.1, 0.15) is 26.3 Å². The van der Waals surface area contributed by atoms with Crippen molar-refractivity contribution < 1.29 is 5.11 Å². The van der Waals surface area contributed by atoms with Crippen molar-refractivity contribution >= 4 is 5.69 Å². The molecule has 0 aromatic heterocycles. The van der Waals surface area contributed by atoms with E-state index in [0.717, 1.165) is 24.3 Å². The van der Waals surface area contributed by atoms with Gasteiger partial charge in [-0.25, -0.2) is 0 Å². The highest BCUT2D eigenvalue weighted by Gasteiger charge is 2.06. The third-order valence-corrected chi connectivity index (χ3v) is 2.31. The van der Waals surface area contributed by atoms with Crippen molar-refractivity contribution in [3.8, 4) is 5.75 Å². The van der Waals surface area contributed by atoms with Gasteiger partial charge in [-0.1, -0.05) is 0 Å². The lowest BCUT2D eigenvalue weighted by molar-refractivity contribution is 0.435. The Hall–Kier alpha value is -1.22. The molecule has 3 nitrogen and oxygen atoms in total. The van der Waals surface area contributed by atoms with Crippen molar-refractivity contribution in [2.45, 2.75) is 33.2 Å². The number of nitrogens with one attached hydrogen (secondary N) is 2. The largest absolute Gasteiger partial charge is 0.508 e. The SMILES string of the molecule is Cc1cc(NCCNC(C)(C)C)ccc1O. The predicted molar refractivity (Wildman–Crippen MR) is 69.1 cm³/mol. The molecule has 3 heteroatoms. The fourth-order valence-corrected chi connectivity index (χ4v) is 1.41. The molecule has 1 aromatic rings. The monoisotopic (exact) mass is 222 g/mol. The molecule has 0 unspecified atom stereocenters. The van der Waals surface area contributed by atoms with Crippen LogP contribution in [0.4, 0.5) is 5.69 Å². The normalized spacial score (nSPS) is 11.5. The van der Waals surface area contributed by atoms with Crippen LogP contribution in [-0.2, 0) is 0 Å². The van der Waals surface area contributed by atoms with Crippen molar-refractivity contribution in [1.29, 1.82) is 0 Å². The van der Waals surface area contributed by atoms with Crippen LogP contribution in [0.3, 0.4) is 0 Å². The van der Waals surface area contributed by atoms with Crippen molar-refractivity contribution in [1.82, 2.24) is 5.32 Å². The molecule has 0 radical (unpaired) electrons. The average Bonchev–Trinajstić information content (AvgIpc) is 2.17. The number of phenols is 1. The molecule has 0 atom stereocenters. The van der Waals surface area contributed by atoms with E-state index < -0.39 is 0 Å². The van der Waals surface area contributed by atoms with E-state index in [1.807, 2.05) is 19.1 Å². The zero-order valence-corrected chi connectivity index (χ0v) is 10.6. The van der Waals surface area contributed by atoms with Gasteiger partial charge in [-0.3, -0.25) is 0 Å². The van der Waals surface area contributed by atoms with Gasteiger partial charge in [-0.05, 0) is 51.5 Å². The second kappa shape index (κ2) is 5.21. The molecule has 16 heavy (non-hydrogen) atoms. The number of hydrogen-bond donors (Lipinski definition) is 3. The second-order valence-corrected chi connectivity index (χ2v) is 5.10. The molecule has 0 bridgehead atoms. The van der Waals surface area contributed by atoms with Gasteiger partial charge in [0.25, 0.3) is 0 Å². The van der Waals surface area contributed by atoms with Crippen molar-refractivity contribution in [2.24, 2.45) is 0 Å². The third-order valence-electron chi connectivity index (χ3n) is 2.31. The lowest BCUT2D eigenvalue weighted by Crippen LogP contribution is -2.38. The Bertz CT molecular complexity index is 342. The maximum absolute atomic E-state index is 9.38. The van der Waals surface area contributed by atoms with E-state index in [1.54, 1.807) is 6.07 Å². The molecule has 0 aliphatic heterocycles. The van der Waals surface area contributed by atoms with E-state index in [2.05, 4.69) is 31.4 Å². The highest BCUT2D eigenvalue weighted by Crippen LogP contribution is 2.19. The Morgan fingerprint density at radius 2 is 1.88 bits per heavy atom. The molecule has 0 aliphatic rings. The molecule has 0 spiro atoms. The Morgan fingerprint density at radius 1 is 1.19 bits per heavy atom. The second-order valence-electron chi connectivity index (χ2n) is 5.10. The Labute approximate surface area is 97.9 Å². The fraction of sp³-hybridized carbons (Fsp3) is 0.538. The third kappa shape index (κ3) is 4.53. The summed E-state index contributed by atoms with van der Waals surface area (Å²) in [6.45, 7) is 10.1. The lowest BCUT2D eigenvalue weighted by Gasteiger charge is -2.20. The highest BCUT2D eigenvalue weighted by atomic mass is 16.3. The van der Waals surface area contributed by atoms with Gasteiger partial charge in [0, 0.05) is 24.3 Å². The van der Waals surface area contributed by atoms with Crippen LogP contribution in [0, 0.1) is 6.92 Å². The van der Waals surface area contributed by atoms with Crippen LogP contribution >= 0.6 is 0 Å². The summed E-state index contributed by atoms with van der Waals surface area (Å²) in [7, 11) is 0. The Balaban J connectivity index is 2.35. The number of hydrogen-bond acceptors (Lipinski definition) is 3. The Morgan fingerprint density at radius 3 is 2.44 bits per heavy atom. The van der Waals surface area contributed by atoms with E-state index >= 15 is 0 Å². The van der Waals surface area contributed by atoms with Crippen molar-refractivity contribution in [3.05, 3.63) is 23.8 Å². The van der Waals surface area contributed by atoms with Crippen LogP contribution in [0.25, 0.3) is 0 Å². The topological polar surface area (TPSA) is 44.3 Å². The number of aromatic hydroxyl groups is 1. The molecule has 0 saturated heterocycles.